The molecular formula is C31H27F6NO3. The minimum Gasteiger partial charge on any atom is -0.481 e. The standard InChI is InChI=1S/C31H27F6NO3/c1-2-25(18-12-14-21(15-13-18)30(32,33)34)38-26-11-5-9-23(19-6-3-8-22(16-19)41-31(35,36)37)28(26)24-10-4-7-20(29(24)38)17-27(39)40/h3,5-6,8-9,11-16,20,25H,2,4,7,10,17H2,1H3,(H,39,40). The van der Waals surface area contributed by atoms with Gasteiger partial charge in [-0.15, -0.1) is 13.2 Å². The molecule has 41 heavy (non-hydrogen) atoms. The molecule has 1 aromatic heterocycles. The molecule has 2 atom stereocenters. The molecule has 0 spiro atoms. The van der Waals surface area contributed by atoms with E-state index in [0.29, 0.717) is 36.0 Å². The van der Waals surface area contributed by atoms with Crippen LogP contribution in [-0.4, -0.2) is 22.0 Å². The number of carboxylic acid groups (broad SMARTS) is 1. The van der Waals surface area contributed by atoms with E-state index in [4.69, 9.17) is 0 Å². The minimum absolute atomic E-state index is 0.114. The van der Waals surface area contributed by atoms with Gasteiger partial charge in [-0.2, -0.15) is 13.2 Å². The Morgan fingerprint density at radius 1 is 1.02 bits per heavy atom. The first-order valence-electron chi connectivity index (χ1n) is 13.3. The topological polar surface area (TPSA) is 51.5 Å². The second-order valence-electron chi connectivity index (χ2n) is 10.2. The van der Waals surface area contributed by atoms with Crippen molar-refractivity contribution >= 4 is 16.9 Å². The van der Waals surface area contributed by atoms with Crippen LogP contribution in [0.3, 0.4) is 0 Å². The highest BCUT2D eigenvalue weighted by molar-refractivity contribution is 6.00. The maximum absolute atomic E-state index is 13.3. The van der Waals surface area contributed by atoms with Gasteiger partial charge >= 0.3 is 18.5 Å². The van der Waals surface area contributed by atoms with E-state index >= 15 is 0 Å². The molecule has 1 N–H and O–H groups in total. The predicted octanol–water partition coefficient (Wildman–Crippen LogP) is 9.12. The summed E-state index contributed by atoms with van der Waals surface area (Å²) < 4.78 is 84.9. The van der Waals surface area contributed by atoms with Crippen molar-refractivity contribution in [2.24, 2.45) is 0 Å². The SMILES string of the molecule is CCC(c1ccc(C(F)(F)F)cc1)n1c2c(c3c(-c4cccc(OC(F)(F)F)c4)cccc31)CCCC2CC(=O)O. The Morgan fingerprint density at radius 2 is 1.73 bits per heavy atom. The molecule has 0 aliphatic heterocycles. The van der Waals surface area contributed by atoms with Crippen LogP contribution in [-0.2, 0) is 17.4 Å². The highest BCUT2D eigenvalue weighted by Crippen LogP contribution is 2.47. The normalized spacial score (nSPS) is 16.4. The summed E-state index contributed by atoms with van der Waals surface area (Å²) in [4.78, 5) is 11.9. The monoisotopic (exact) mass is 575 g/mol. The maximum Gasteiger partial charge on any atom is 0.573 e. The number of alkyl halides is 6. The fraction of sp³-hybridized carbons (Fsp3) is 0.323. The summed E-state index contributed by atoms with van der Waals surface area (Å²) in [6.07, 6.45) is -6.94. The number of aryl methyl sites for hydroxylation is 1. The number of nitrogens with zero attached hydrogens (tertiary/aromatic N) is 1. The smallest absolute Gasteiger partial charge is 0.481 e. The lowest BCUT2D eigenvalue weighted by Gasteiger charge is -2.29. The van der Waals surface area contributed by atoms with Crippen LogP contribution in [0.4, 0.5) is 26.3 Å². The number of rotatable bonds is 7. The number of carbonyl (C=O) groups is 1. The lowest BCUT2D eigenvalue weighted by atomic mass is 9.83. The van der Waals surface area contributed by atoms with Gasteiger partial charge in [0.25, 0.3) is 0 Å². The number of hydrogen-bond acceptors (Lipinski definition) is 2. The fourth-order valence-corrected chi connectivity index (χ4v) is 6.13. The van der Waals surface area contributed by atoms with Crippen LogP contribution in [0.15, 0.2) is 66.7 Å². The molecule has 0 amide bonds. The molecule has 1 heterocycles. The van der Waals surface area contributed by atoms with Crippen LogP contribution >= 0.6 is 0 Å². The van der Waals surface area contributed by atoms with Gasteiger partial charge in [-0.05, 0) is 78.3 Å². The zero-order chi connectivity index (χ0) is 29.5. The lowest BCUT2D eigenvalue weighted by Crippen LogP contribution is -2.20. The van der Waals surface area contributed by atoms with Crippen molar-refractivity contribution in [3.63, 3.8) is 0 Å². The van der Waals surface area contributed by atoms with E-state index < -0.39 is 30.1 Å². The Kier molecular flexibility index (Phi) is 7.52. The highest BCUT2D eigenvalue weighted by Gasteiger charge is 2.35. The quantitative estimate of drug-likeness (QED) is 0.224. The molecular weight excluding hydrogens is 548 g/mol. The van der Waals surface area contributed by atoms with Crippen LogP contribution < -0.4 is 4.74 Å². The molecule has 1 aliphatic carbocycles. The Balaban J connectivity index is 1.74. The summed E-state index contributed by atoms with van der Waals surface area (Å²) in [6, 6.07) is 15.8. The average Bonchev–Trinajstić information content (AvgIpc) is 3.23. The van der Waals surface area contributed by atoms with Crippen LogP contribution in [0.1, 0.15) is 67.0 Å². The third-order valence-electron chi connectivity index (χ3n) is 7.66. The maximum atomic E-state index is 13.3. The Hall–Kier alpha value is -3.95. The van der Waals surface area contributed by atoms with E-state index in [1.165, 1.54) is 30.3 Å². The summed E-state index contributed by atoms with van der Waals surface area (Å²) in [5.74, 6) is -1.65. The van der Waals surface area contributed by atoms with Crippen molar-refractivity contribution in [2.45, 2.75) is 63.5 Å². The number of aliphatic carboxylic acids is 1. The summed E-state index contributed by atoms with van der Waals surface area (Å²) >= 11 is 0. The van der Waals surface area contributed by atoms with Crippen LogP contribution in [0.25, 0.3) is 22.0 Å². The Morgan fingerprint density at radius 3 is 2.37 bits per heavy atom. The molecule has 10 heteroatoms. The van der Waals surface area contributed by atoms with Gasteiger partial charge in [0.2, 0.25) is 0 Å². The third kappa shape index (κ3) is 5.78. The van der Waals surface area contributed by atoms with Gasteiger partial charge in [-0.3, -0.25) is 4.79 Å². The Labute approximate surface area is 232 Å². The largest absolute Gasteiger partial charge is 0.573 e. The third-order valence-corrected chi connectivity index (χ3v) is 7.66. The molecule has 4 aromatic rings. The van der Waals surface area contributed by atoms with Crippen molar-refractivity contribution in [1.82, 2.24) is 4.57 Å². The van der Waals surface area contributed by atoms with E-state index in [2.05, 4.69) is 4.74 Å². The fourth-order valence-electron chi connectivity index (χ4n) is 6.13. The first kappa shape index (κ1) is 28.6. The molecule has 0 bridgehead atoms. The van der Waals surface area contributed by atoms with E-state index in [1.54, 1.807) is 18.2 Å². The van der Waals surface area contributed by atoms with Gasteiger partial charge in [0.05, 0.1) is 18.0 Å². The van der Waals surface area contributed by atoms with Crippen LogP contribution in [0.2, 0.25) is 0 Å². The lowest BCUT2D eigenvalue weighted by molar-refractivity contribution is -0.274. The van der Waals surface area contributed by atoms with Gasteiger partial charge < -0.3 is 14.4 Å². The Bertz CT molecular complexity index is 1570. The molecule has 0 saturated heterocycles. The van der Waals surface area contributed by atoms with E-state index in [0.717, 1.165) is 40.7 Å². The summed E-state index contributed by atoms with van der Waals surface area (Å²) in [6.45, 7) is 1.91. The number of aromatic nitrogens is 1. The molecule has 0 saturated carbocycles. The zero-order valence-corrected chi connectivity index (χ0v) is 22.0. The molecule has 5 rings (SSSR count). The van der Waals surface area contributed by atoms with Crippen molar-refractivity contribution in [1.29, 1.82) is 0 Å². The summed E-state index contributed by atoms with van der Waals surface area (Å²) in [5, 5.41) is 10.5. The summed E-state index contributed by atoms with van der Waals surface area (Å²) in [5.41, 5.74) is 3.53. The van der Waals surface area contributed by atoms with Gasteiger partial charge in [0.15, 0.2) is 0 Å². The first-order chi connectivity index (χ1) is 19.4. The van der Waals surface area contributed by atoms with Crippen molar-refractivity contribution in [3.05, 3.63) is 89.1 Å². The molecule has 2 unspecified atom stereocenters. The van der Waals surface area contributed by atoms with Gasteiger partial charge in [-0.25, -0.2) is 0 Å². The number of ether oxygens (including phenoxy) is 1. The number of fused-ring (bicyclic) bond motifs is 3. The first-order valence-corrected chi connectivity index (χ1v) is 13.3. The van der Waals surface area contributed by atoms with Crippen LogP contribution in [0, 0.1) is 0 Å². The molecule has 4 nitrogen and oxygen atoms in total. The van der Waals surface area contributed by atoms with Gasteiger partial charge in [0.1, 0.15) is 5.75 Å². The van der Waals surface area contributed by atoms with Gasteiger partial charge in [-0.1, -0.05) is 43.3 Å². The second-order valence-corrected chi connectivity index (χ2v) is 10.2. The molecule has 3 aromatic carbocycles. The average molecular weight is 576 g/mol. The molecule has 0 radical (unpaired) electrons. The zero-order valence-electron chi connectivity index (χ0n) is 22.0. The summed E-state index contributed by atoms with van der Waals surface area (Å²) in [7, 11) is 0. The minimum atomic E-state index is -4.85. The van der Waals surface area contributed by atoms with E-state index in [1.807, 2.05) is 17.6 Å². The molecule has 216 valence electrons. The van der Waals surface area contributed by atoms with Crippen molar-refractivity contribution < 1.29 is 41.0 Å². The van der Waals surface area contributed by atoms with Gasteiger partial charge in [0, 0.05) is 22.5 Å². The number of carboxylic acids is 1. The van der Waals surface area contributed by atoms with Crippen LogP contribution in [0.5, 0.6) is 5.75 Å². The number of halogens is 6. The predicted molar refractivity (Wildman–Crippen MR) is 142 cm³/mol. The molecule has 1 aliphatic rings. The number of hydrogen-bond donors (Lipinski definition) is 1. The number of benzene rings is 3. The highest BCUT2D eigenvalue weighted by atomic mass is 19.4. The van der Waals surface area contributed by atoms with E-state index in [-0.39, 0.29) is 18.1 Å². The van der Waals surface area contributed by atoms with Crippen molar-refractivity contribution in [2.75, 3.05) is 0 Å². The second kappa shape index (κ2) is 10.8. The van der Waals surface area contributed by atoms with E-state index in [9.17, 15) is 36.2 Å². The van der Waals surface area contributed by atoms with Crippen molar-refractivity contribution in [3.8, 4) is 16.9 Å². The molecule has 0 fully saturated rings.